The Morgan fingerprint density at radius 3 is 2.21 bits per heavy atom. The Hall–Kier alpha value is -0.963. The molecule has 0 aromatic rings. The molecule has 0 saturated heterocycles. The summed E-state index contributed by atoms with van der Waals surface area (Å²) in [5.74, 6) is -3.30. The van der Waals surface area contributed by atoms with Gasteiger partial charge in [0, 0.05) is 36.9 Å². The SMILES string of the molecule is CCC[SiH2]CC(=O)OC(OC)C(OC)(OC)C(N)=O. The molecule has 0 bridgehead atoms. The predicted molar refractivity (Wildman–Crippen MR) is 71.3 cm³/mol. The lowest BCUT2D eigenvalue weighted by Gasteiger charge is -2.33. The van der Waals surface area contributed by atoms with Crippen LogP contribution in [0, 0.1) is 0 Å². The zero-order chi connectivity index (χ0) is 14.9. The molecule has 0 heterocycles. The summed E-state index contributed by atoms with van der Waals surface area (Å²) >= 11 is 0. The maximum Gasteiger partial charge on any atom is 0.313 e. The van der Waals surface area contributed by atoms with E-state index in [1.54, 1.807) is 0 Å². The number of methoxy groups -OCH3 is 3. The van der Waals surface area contributed by atoms with Crippen molar-refractivity contribution in [1.82, 2.24) is 0 Å². The first-order valence-electron chi connectivity index (χ1n) is 6.10. The van der Waals surface area contributed by atoms with Crippen molar-refractivity contribution in [3.8, 4) is 0 Å². The highest BCUT2D eigenvalue weighted by molar-refractivity contribution is 6.40. The molecule has 0 radical (unpaired) electrons. The first-order chi connectivity index (χ1) is 8.98. The zero-order valence-electron chi connectivity index (χ0n) is 11.9. The Balaban J connectivity index is 4.70. The smallest absolute Gasteiger partial charge is 0.313 e. The third-order valence-electron chi connectivity index (χ3n) is 2.70. The van der Waals surface area contributed by atoms with Gasteiger partial charge in [-0.1, -0.05) is 19.4 Å². The summed E-state index contributed by atoms with van der Waals surface area (Å²) in [6, 6.07) is 1.43. The van der Waals surface area contributed by atoms with E-state index in [-0.39, 0.29) is 0 Å². The van der Waals surface area contributed by atoms with Gasteiger partial charge in [0.15, 0.2) is 0 Å². The normalized spacial score (nSPS) is 13.7. The van der Waals surface area contributed by atoms with Crippen LogP contribution in [0.4, 0.5) is 0 Å². The number of nitrogens with two attached hydrogens (primary N) is 1. The van der Waals surface area contributed by atoms with E-state index in [0.29, 0.717) is 6.04 Å². The van der Waals surface area contributed by atoms with E-state index in [9.17, 15) is 9.59 Å². The van der Waals surface area contributed by atoms with Gasteiger partial charge in [0.2, 0.25) is 0 Å². The minimum Gasteiger partial charge on any atom is -0.429 e. The number of hydrogen-bond acceptors (Lipinski definition) is 6. The van der Waals surface area contributed by atoms with Crippen LogP contribution in [0.3, 0.4) is 0 Å². The third kappa shape index (κ3) is 4.90. The minimum atomic E-state index is -1.93. The van der Waals surface area contributed by atoms with Crippen molar-refractivity contribution < 1.29 is 28.5 Å². The lowest BCUT2D eigenvalue weighted by atomic mass is 10.2. The van der Waals surface area contributed by atoms with Crippen LogP contribution in [0.5, 0.6) is 0 Å². The number of carbonyl (C=O) groups excluding carboxylic acids is 2. The Kier molecular flexibility index (Phi) is 8.57. The van der Waals surface area contributed by atoms with Crippen LogP contribution < -0.4 is 5.73 Å². The van der Waals surface area contributed by atoms with Crippen LogP contribution in [0.15, 0.2) is 0 Å². The summed E-state index contributed by atoms with van der Waals surface area (Å²) < 4.78 is 19.9. The molecule has 0 fully saturated rings. The molecule has 1 amide bonds. The number of esters is 1. The van der Waals surface area contributed by atoms with Gasteiger partial charge < -0.3 is 24.7 Å². The summed E-state index contributed by atoms with van der Waals surface area (Å²) in [5.41, 5.74) is 5.22. The Morgan fingerprint density at radius 2 is 1.84 bits per heavy atom. The van der Waals surface area contributed by atoms with Crippen LogP contribution in [0.25, 0.3) is 0 Å². The average Bonchev–Trinajstić information content (AvgIpc) is 2.39. The number of ether oxygens (including phenoxy) is 4. The molecule has 7 nitrogen and oxygen atoms in total. The van der Waals surface area contributed by atoms with Gasteiger partial charge in [-0.3, -0.25) is 9.59 Å². The molecule has 0 rings (SSSR count). The predicted octanol–water partition coefficient (Wildman–Crippen LogP) is -0.608. The molecule has 0 aliphatic heterocycles. The second-order valence-corrected chi connectivity index (χ2v) is 5.87. The van der Waals surface area contributed by atoms with Crippen LogP contribution >= 0.6 is 0 Å². The van der Waals surface area contributed by atoms with E-state index in [0.717, 1.165) is 12.5 Å². The fourth-order valence-corrected chi connectivity index (χ4v) is 2.73. The topological polar surface area (TPSA) is 97.1 Å². The van der Waals surface area contributed by atoms with E-state index >= 15 is 0 Å². The van der Waals surface area contributed by atoms with Crippen LogP contribution in [0.2, 0.25) is 12.1 Å². The maximum atomic E-state index is 11.7. The molecular weight excluding hydrogens is 270 g/mol. The third-order valence-corrected chi connectivity index (χ3v) is 4.67. The minimum absolute atomic E-state index is 0.371. The quantitative estimate of drug-likeness (QED) is 0.250. The second-order valence-electron chi connectivity index (χ2n) is 3.95. The standard InChI is InChI=1S/C11H23NO6Si/c1-5-6-19-7-8(13)18-10(15-2)11(16-3,17-4)9(12)14/h10H,5-7,19H2,1-4H3,(H2,12,14). The van der Waals surface area contributed by atoms with Crippen LogP contribution in [0.1, 0.15) is 13.3 Å². The van der Waals surface area contributed by atoms with E-state index in [4.69, 9.17) is 24.7 Å². The Morgan fingerprint density at radius 1 is 1.26 bits per heavy atom. The molecule has 0 aromatic heterocycles. The molecule has 19 heavy (non-hydrogen) atoms. The number of hydrogen-bond donors (Lipinski definition) is 1. The van der Waals surface area contributed by atoms with E-state index in [2.05, 4.69) is 6.92 Å². The van der Waals surface area contributed by atoms with Gasteiger partial charge in [-0.05, 0) is 0 Å². The van der Waals surface area contributed by atoms with E-state index in [1.807, 2.05) is 0 Å². The highest BCUT2D eigenvalue weighted by atomic mass is 28.2. The first-order valence-corrected chi connectivity index (χ1v) is 8.10. The van der Waals surface area contributed by atoms with Crippen molar-refractivity contribution in [2.75, 3.05) is 21.3 Å². The fourth-order valence-electron chi connectivity index (χ4n) is 1.57. The van der Waals surface area contributed by atoms with Gasteiger partial charge in [-0.25, -0.2) is 0 Å². The van der Waals surface area contributed by atoms with Crippen molar-refractivity contribution in [2.24, 2.45) is 5.73 Å². The van der Waals surface area contributed by atoms with Gasteiger partial charge in [0.1, 0.15) is 0 Å². The second kappa shape index (κ2) is 9.02. The van der Waals surface area contributed by atoms with Crippen molar-refractivity contribution in [2.45, 2.75) is 37.5 Å². The van der Waals surface area contributed by atoms with Gasteiger partial charge in [-0.15, -0.1) is 0 Å². The molecule has 1 atom stereocenters. The Bertz CT molecular complexity index is 295. The van der Waals surface area contributed by atoms with E-state index < -0.39 is 33.5 Å². The largest absolute Gasteiger partial charge is 0.429 e. The molecular formula is C11H23NO6Si. The van der Waals surface area contributed by atoms with Crippen molar-refractivity contribution in [3.05, 3.63) is 0 Å². The molecule has 112 valence electrons. The van der Waals surface area contributed by atoms with Gasteiger partial charge >= 0.3 is 11.8 Å². The summed E-state index contributed by atoms with van der Waals surface area (Å²) in [4.78, 5) is 23.1. The fraction of sp³-hybridized carbons (Fsp3) is 0.818. The molecule has 2 N–H and O–H groups in total. The molecule has 0 aromatic carbocycles. The number of amides is 1. The number of carbonyl (C=O) groups is 2. The molecule has 1 unspecified atom stereocenters. The van der Waals surface area contributed by atoms with Crippen molar-refractivity contribution in [1.29, 1.82) is 0 Å². The van der Waals surface area contributed by atoms with Crippen molar-refractivity contribution in [3.63, 3.8) is 0 Å². The Labute approximate surface area is 115 Å². The highest BCUT2D eigenvalue weighted by Crippen LogP contribution is 2.20. The maximum absolute atomic E-state index is 11.7. The lowest BCUT2D eigenvalue weighted by Crippen LogP contribution is -2.58. The monoisotopic (exact) mass is 293 g/mol. The highest BCUT2D eigenvalue weighted by Gasteiger charge is 2.49. The lowest BCUT2D eigenvalue weighted by molar-refractivity contribution is -0.304. The van der Waals surface area contributed by atoms with Gasteiger partial charge in [0.05, 0.1) is 0 Å². The van der Waals surface area contributed by atoms with Gasteiger partial charge in [-0.2, -0.15) is 0 Å². The zero-order valence-corrected chi connectivity index (χ0v) is 13.3. The van der Waals surface area contributed by atoms with Crippen LogP contribution in [-0.4, -0.2) is 54.8 Å². The number of primary amides is 1. The molecule has 0 aliphatic carbocycles. The summed E-state index contributed by atoms with van der Waals surface area (Å²) in [6.45, 7) is 2.06. The molecule has 8 heteroatoms. The van der Waals surface area contributed by atoms with E-state index in [1.165, 1.54) is 21.3 Å². The summed E-state index contributed by atoms with van der Waals surface area (Å²) in [6.07, 6.45) is -0.280. The number of rotatable bonds is 10. The molecule has 0 aliphatic rings. The van der Waals surface area contributed by atoms with Crippen LogP contribution in [-0.2, 0) is 28.5 Å². The summed E-state index contributed by atoms with van der Waals surface area (Å²) in [7, 11) is 3.23. The first kappa shape index (κ1) is 18.0. The van der Waals surface area contributed by atoms with Gasteiger partial charge in [0.25, 0.3) is 12.2 Å². The summed E-state index contributed by atoms with van der Waals surface area (Å²) in [5, 5.41) is 0. The molecule has 0 spiro atoms. The molecule has 0 saturated carbocycles. The van der Waals surface area contributed by atoms with Crippen molar-refractivity contribution >= 4 is 21.4 Å². The average molecular weight is 293 g/mol.